The van der Waals surface area contributed by atoms with Gasteiger partial charge in [-0.05, 0) is 36.4 Å². The third-order valence-corrected chi connectivity index (χ3v) is 3.59. The summed E-state index contributed by atoms with van der Waals surface area (Å²) >= 11 is 3.36. The van der Waals surface area contributed by atoms with Gasteiger partial charge in [0.2, 0.25) is 0 Å². The van der Waals surface area contributed by atoms with Gasteiger partial charge in [0.1, 0.15) is 6.33 Å². The minimum Gasteiger partial charge on any atom is -0.478 e. The first-order valence-electron chi connectivity index (χ1n) is 6.07. The second kappa shape index (κ2) is 5.14. The van der Waals surface area contributed by atoms with E-state index >= 15 is 0 Å². The highest BCUT2D eigenvalue weighted by atomic mass is 79.9. The molecule has 1 N–H and O–H groups in total. The molecule has 0 amide bonds. The molecule has 3 rings (SSSR count). The maximum absolute atomic E-state index is 12.5. The van der Waals surface area contributed by atoms with E-state index in [1.54, 1.807) is 12.1 Å². The first-order chi connectivity index (χ1) is 10.1. The highest BCUT2D eigenvalue weighted by Gasteiger charge is 2.09. The molecule has 3 aromatic rings. The Labute approximate surface area is 127 Å². The molecule has 1 aromatic heterocycles. The lowest BCUT2D eigenvalue weighted by atomic mass is 10.1. The molecule has 0 fully saturated rings. The Morgan fingerprint density at radius 1 is 1.19 bits per heavy atom. The number of aromatic nitrogens is 2. The number of carboxylic acid groups (broad SMARTS) is 1. The van der Waals surface area contributed by atoms with E-state index < -0.39 is 5.97 Å². The van der Waals surface area contributed by atoms with E-state index in [1.807, 2.05) is 12.1 Å². The van der Waals surface area contributed by atoms with Crippen molar-refractivity contribution in [3.05, 3.63) is 69.2 Å². The number of aromatic carboxylic acids is 1. The smallest absolute Gasteiger partial charge is 0.335 e. The molecule has 5 nitrogen and oxygen atoms in total. The average molecular weight is 345 g/mol. The van der Waals surface area contributed by atoms with Gasteiger partial charge in [0.15, 0.2) is 0 Å². The van der Waals surface area contributed by atoms with Crippen LogP contribution in [0, 0.1) is 0 Å². The number of halogens is 1. The van der Waals surface area contributed by atoms with Crippen molar-refractivity contribution in [3.63, 3.8) is 0 Å². The summed E-state index contributed by atoms with van der Waals surface area (Å²) in [7, 11) is 0. The maximum Gasteiger partial charge on any atom is 0.335 e. The monoisotopic (exact) mass is 344 g/mol. The zero-order valence-corrected chi connectivity index (χ0v) is 12.2. The molecular formula is C15H9BrN2O3. The summed E-state index contributed by atoms with van der Waals surface area (Å²) in [5, 5.41) is 9.34. The molecule has 0 spiro atoms. The molecule has 0 atom stereocenters. The van der Waals surface area contributed by atoms with Crippen molar-refractivity contribution in [1.29, 1.82) is 0 Å². The van der Waals surface area contributed by atoms with Crippen LogP contribution in [0.25, 0.3) is 16.6 Å². The number of hydrogen-bond donors (Lipinski definition) is 1. The van der Waals surface area contributed by atoms with Crippen LogP contribution in [0.2, 0.25) is 0 Å². The van der Waals surface area contributed by atoms with Crippen LogP contribution in [-0.2, 0) is 0 Å². The fourth-order valence-electron chi connectivity index (χ4n) is 2.06. The molecule has 0 saturated carbocycles. The lowest BCUT2D eigenvalue weighted by Crippen LogP contribution is -2.19. The van der Waals surface area contributed by atoms with E-state index in [0.717, 1.165) is 4.47 Å². The summed E-state index contributed by atoms with van der Waals surface area (Å²) in [5.74, 6) is -1.05. The molecule has 1 heterocycles. The van der Waals surface area contributed by atoms with Gasteiger partial charge in [-0.25, -0.2) is 9.78 Å². The fraction of sp³-hybridized carbons (Fsp3) is 0. The van der Waals surface area contributed by atoms with Crippen LogP contribution in [0.4, 0.5) is 0 Å². The topological polar surface area (TPSA) is 72.2 Å². The quantitative estimate of drug-likeness (QED) is 0.775. The van der Waals surface area contributed by atoms with E-state index in [-0.39, 0.29) is 11.1 Å². The molecule has 0 radical (unpaired) electrons. The van der Waals surface area contributed by atoms with Crippen LogP contribution >= 0.6 is 15.9 Å². The van der Waals surface area contributed by atoms with Crippen molar-refractivity contribution >= 4 is 32.8 Å². The zero-order valence-electron chi connectivity index (χ0n) is 10.7. The average Bonchev–Trinajstić information content (AvgIpc) is 2.47. The Balaban J connectivity index is 2.24. The van der Waals surface area contributed by atoms with Crippen LogP contribution in [0.15, 0.2) is 58.1 Å². The van der Waals surface area contributed by atoms with Crippen molar-refractivity contribution in [2.75, 3.05) is 0 Å². The third-order valence-electron chi connectivity index (χ3n) is 3.09. The lowest BCUT2D eigenvalue weighted by molar-refractivity contribution is 0.0697. The number of rotatable bonds is 2. The van der Waals surface area contributed by atoms with Crippen LogP contribution in [0.5, 0.6) is 0 Å². The summed E-state index contributed by atoms with van der Waals surface area (Å²) in [6.07, 6.45) is 1.40. The largest absolute Gasteiger partial charge is 0.478 e. The molecule has 104 valence electrons. The van der Waals surface area contributed by atoms with Gasteiger partial charge < -0.3 is 5.11 Å². The minimum atomic E-state index is -1.05. The first-order valence-corrected chi connectivity index (χ1v) is 6.86. The van der Waals surface area contributed by atoms with Gasteiger partial charge >= 0.3 is 5.97 Å². The second-order valence-electron chi connectivity index (χ2n) is 4.44. The van der Waals surface area contributed by atoms with Crippen LogP contribution in [0.3, 0.4) is 0 Å². The number of nitrogens with zero attached hydrogens (tertiary/aromatic N) is 2. The highest BCUT2D eigenvalue weighted by molar-refractivity contribution is 9.10. The van der Waals surface area contributed by atoms with Gasteiger partial charge in [0.25, 0.3) is 5.56 Å². The molecule has 0 aliphatic rings. The summed E-state index contributed by atoms with van der Waals surface area (Å²) in [6.45, 7) is 0. The predicted molar refractivity (Wildman–Crippen MR) is 82.0 cm³/mol. The molecule has 0 saturated heterocycles. The Morgan fingerprint density at radius 2 is 2.00 bits per heavy atom. The number of carboxylic acids is 1. The lowest BCUT2D eigenvalue weighted by Gasteiger charge is -2.07. The molecular weight excluding hydrogens is 336 g/mol. The number of carbonyl (C=O) groups is 1. The van der Waals surface area contributed by atoms with Gasteiger partial charge in [-0.1, -0.05) is 22.0 Å². The van der Waals surface area contributed by atoms with E-state index in [4.69, 9.17) is 5.11 Å². The molecule has 0 aliphatic carbocycles. The summed E-state index contributed by atoms with van der Waals surface area (Å²) in [6, 6.07) is 11.6. The fourth-order valence-corrected chi connectivity index (χ4v) is 2.45. The Kier molecular flexibility index (Phi) is 3.31. The first kappa shape index (κ1) is 13.5. The minimum absolute atomic E-state index is 0.106. The summed E-state index contributed by atoms with van der Waals surface area (Å²) in [4.78, 5) is 27.6. The highest BCUT2D eigenvalue weighted by Crippen LogP contribution is 2.16. The van der Waals surface area contributed by atoms with E-state index in [0.29, 0.717) is 16.6 Å². The van der Waals surface area contributed by atoms with Gasteiger partial charge in [-0.15, -0.1) is 0 Å². The van der Waals surface area contributed by atoms with Crippen molar-refractivity contribution < 1.29 is 9.90 Å². The van der Waals surface area contributed by atoms with E-state index in [2.05, 4.69) is 20.9 Å². The van der Waals surface area contributed by atoms with Gasteiger partial charge in [-0.2, -0.15) is 0 Å². The Hall–Kier alpha value is -2.47. The normalized spacial score (nSPS) is 10.7. The van der Waals surface area contributed by atoms with E-state index in [9.17, 15) is 9.59 Å². The zero-order chi connectivity index (χ0) is 15.0. The number of benzene rings is 2. The third kappa shape index (κ3) is 2.45. The maximum atomic E-state index is 12.5. The van der Waals surface area contributed by atoms with Crippen LogP contribution < -0.4 is 5.56 Å². The Bertz CT molecular complexity index is 918. The molecule has 2 aromatic carbocycles. The molecule has 0 aliphatic heterocycles. The van der Waals surface area contributed by atoms with E-state index in [1.165, 1.54) is 29.1 Å². The predicted octanol–water partition coefficient (Wildman–Crippen LogP) is 2.85. The Morgan fingerprint density at radius 3 is 2.71 bits per heavy atom. The van der Waals surface area contributed by atoms with Crippen molar-refractivity contribution in [3.8, 4) is 5.69 Å². The number of fused-ring (bicyclic) bond motifs is 1. The molecule has 21 heavy (non-hydrogen) atoms. The van der Waals surface area contributed by atoms with Crippen molar-refractivity contribution in [1.82, 2.24) is 9.55 Å². The summed E-state index contributed by atoms with van der Waals surface area (Å²) in [5.41, 5.74) is 0.918. The van der Waals surface area contributed by atoms with Crippen LogP contribution in [0.1, 0.15) is 10.4 Å². The number of hydrogen-bond acceptors (Lipinski definition) is 3. The SMILES string of the molecule is O=C(O)c1ccc2c(=O)n(-c3cccc(Br)c3)cnc2c1. The molecule has 0 unspecified atom stereocenters. The van der Waals surface area contributed by atoms with Gasteiger partial charge in [0.05, 0.1) is 22.2 Å². The van der Waals surface area contributed by atoms with Crippen LogP contribution in [-0.4, -0.2) is 20.6 Å². The van der Waals surface area contributed by atoms with Crippen molar-refractivity contribution in [2.24, 2.45) is 0 Å². The standard InChI is InChI=1S/C15H9BrN2O3/c16-10-2-1-3-11(7-10)18-8-17-13-6-9(15(20)21)4-5-12(13)14(18)19/h1-8H,(H,20,21). The molecule has 0 bridgehead atoms. The van der Waals surface area contributed by atoms with Gasteiger partial charge in [-0.3, -0.25) is 9.36 Å². The summed E-state index contributed by atoms with van der Waals surface area (Å²) < 4.78 is 2.28. The van der Waals surface area contributed by atoms with Crippen molar-refractivity contribution in [2.45, 2.75) is 0 Å². The van der Waals surface area contributed by atoms with Gasteiger partial charge in [0, 0.05) is 4.47 Å². The molecule has 6 heteroatoms. The second-order valence-corrected chi connectivity index (χ2v) is 5.35.